The molecule has 0 bridgehead atoms. The van der Waals surface area contributed by atoms with Gasteiger partial charge in [-0.3, -0.25) is 0 Å². The second-order valence-electron chi connectivity index (χ2n) is 3.19. The zero-order chi connectivity index (χ0) is 10.9. The van der Waals surface area contributed by atoms with Crippen molar-refractivity contribution in [1.29, 1.82) is 10.5 Å². The smallest absolute Gasteiger partial charge is 0.0625 e. The SMILES string of the molecule is N#CCCPc1ccc(CCC#N)cc1. The molecule has 0 N–H and O–H groups in total. The average Bonchev–Trinajstić information content (AvgIpc) is 2.28. The Hall–Kier alpha value is -1.37. The van der Waals surface area contributed by atoms with E-state index in [2.05, 4.69) is 36.4 Å². The summed E-state index contributed by atoms with van der Waals surface area (Å²) in [6.45, 7) is 0. The lowest BCUT2D eigenvalue weighted by Gasteiger charge is -2.01. The number of rotatable bonds is 5. The number of hydrogen-bond donors (Lipinski definition) is 0. The van der Waals surface area contributed by atoms with Crippen molar-refractivity contribution in [3.63, 3.8) is 0 Å². The highest BCUT2D eigenvalue weighted by Gasteiger charge is 1.95. The molecule has 3 heteroatoms. The van der Waals surface area contributed by atoms with Crippen LogP contribution in [0, 0.1) is 22.7 Å². The fourth-order valence-electron chi connectivity index (χ4n) is 1.25. The molecule has 0 radical (unpaired) electrons. The van der Waals surface area contributed by atoms with Crippen molar-refractivity contribution >= 4 is 13.9 Å². The van der Waals surface area contributed by atoms with E-state index in [0.29, 0.717) is 12.8 Å². The maximum atomic E-state index is 8.45. The Kier molecular flexibility index (Phi) is 5.46. The van der Waals surface area contributed by atoms with Crippen LogP contribution in [0.25, 0.3) is 0 Å². The van der Waals surface area contributed by atoms with Gasteiger partial charge >= 0.3 is 0 Å². The summed E-state index contributed by atoms with van der Waals surface area (Å²) in [5.41, 5.74) is 1.21. The molecule has 0 amide bonds. The second kappa shape index (κ2) is 6.99. The Morgan fingerprint density at radius 1 is 1.00 bits per heavy atom. The van der Waals surface area contributed by atoms with Crippen molar-refractivity contribution < 1.29 is 0 Å². The fraction of sp³-hybridized carbons (Fsp3) is 0.333. The Morgan fingerprint density at radius 2 is 1.67 bits per heavy atom. The molecular weight excluding hydrogens is 203 g/mol. The first kappa shape index (κ1) is 11.7. The largest absolute Gasteiger partial charge is 0.198 e. The molecule has 0 spiro atoms. The minimum atomic E-state index is 0.579. The molecule has 1 aromatic rings. The number of nitrogens with zero attached hydrogens (tertiary/aromatic N) is 2. The van der Waals surface area contributed by atoms with Gasteiger partial charge in [-0.2, -0.15) is 10.5 Å². The van der Waals surface area contributed by atoms with Gasteiger partial charge in [-0.05, 0) is 23.5 Å². The van der Waals surface area contributed by atoms with Crippen LogP contribution in [0.15, 0.2) is 24.3 Å². The highest BCUT2D eigenvalue weighted by Crippen LogP contribution is 2.12. The molecule has 0 saturated carbocycles. The van der Waals surface area contributed by atoms with Crippen molar-refractivity contribution in [2.45, 2.75) is 19.3 Å². The van der Waals surface area contributed by atoms with Gasteiger partial charge in [-0.15, -0.1) is 0 Å². The van der Waals surface area contributed by atoms with Crippen molar-refractivity contribution in [1.82, 2.24) is 0 Å². The van der Waals surface area contributed by atoms with Crippen LogP contribution in [0.2, 0.25) is 0 Å². The molecule has 0 heterocycles. The first-order valence-electron chi connectivity index (χ1n) is 4.93. The van der Waals surface area contributed by atoms with E-state index in [9.17, 15) is 0 Å². The molecule has 76 valence electrons. The molecule has 0 aliphatic carbocycles. The van der Waals surface area contributed by atoms with Crippen LogP contribution < -0.4 is 5.30 Å². The minimum Gasteiger partial charge on any atom is -0.198 e. The molecule has 1 atom stereocenters. The van der Waals surface area contributed by atoms with Gasteiger partial charge in [0.1, 0.15) is 0 Å². The lowest BCUT2D eigenvalue weighted by molar-refractivity contribution is 1.01. The summed E-state index contributed by atoms with van der Waals surface area (Å²) in [5.74, 6) is 0. The molecule has 1 rings (SSSR count). The topological polar surface area (TPSA) is 47.6 Å². The maximum Gasteiger partial charge on any atom is 0.0625 e. The normalized spacial score (nSPS) is 10.0. The molecule has 0 fully saturated rings. The average molecular weight is 216 g/mol. The molecule has 0 aliphatic heterocycles. The molecule has 0 aliphatic rings. The van der Waals surface area contributed by atoms with Gasteiger partial charge in [0.2, 0.25) is 0 Å². The molecule has 0 saturated heterocycles. The third-order valence-electron chi connectivity index (χ3n) is 2.05. The summed E-state index contributed by atoms with van der Waals surface area (Å²) in [7, 11) is 0.722. The van der Waals surface area contributed by atoms with E-state index in [1.165, 1.54) is 10.9 Å². The predicted molar refractivity (Wildman–Crippen MR) is 63.4 cm³/mol. The molecule has 1 aromatic carbocycles. The Morgan fingerprint density at radius 3 is 2.27 bits per heavy atom. The van der Waals surface area contributed by atoms with Gasteiger partial charge in [-0.25, -0.2) is 0 Å². The van der Waals surface area contributed by atoms with E-state index in [0.717, 1.165) is 21.2 Å². The van der Waals surface area contributed by atoms with Gasteiger partial charge in [0, 0.05) is 12.8 Å². The van der Waals surface area contributed by atoms with E-state index in [1.807, 2.05) is 0 Å². The third-order valence-corrected chi connectivity index (χ3v) is 3.29. The quantitative estimate of drug-likeness (QED) is 0.560. The van der Waals surface area contributed by atoms with Crippen LogP contribution in [0.4, 0.5) is 0 Å². The fourth-order valence-corrected chi connectivity index (χ4v) is 2.18. The first-order valence-corrected chi connectivity index (χ1v) is 6.14. The van der Waals surface area contributed by atoms with Crippen LogP contribution in [0.3, 0.4) is 0 Å². The van der Waals surface area contributed by atoms with Crippen molar-refractivity contribution in [2.24, 2.45) is 0 Å². The number of aryl methyl sites for hydroxylation is 1. The third kappa shape index (κ3) is 4.59. The number of hydrogen-bond acceptors (Lipinski definition) is 2. The van der Waals surface area contributed by atoms with Crippen LogP contribution in [0.5, 0.6) is 0 Å². The molecule has 15 heavy (non-hydrogen) atoms. The first-order chi connectivity index (χ1) is 7.36. The van der Waals surface area contributed by atoms with Crippen LogP contribution in [-0.4, -0.2) is 6.16 Å². The van der Waals surface area contributed by atoms with Crippen molar-refractivity contribution in [3.05, 3.63) is 29.8 Å². The van der Waals surface area contributed by atoms with Crippen LogP contribution in [-0.2, 0) is 6.42 Å². The Labute approximate surface area is 92.3 Å². The lowest BCUT2D eigenvalue weighted by Crippen LogP contribution is -1.96. The number of nitriles is 2. The van der Waals surface area contributed by atoms with Crippen LogP contribution >= 0.6 is 8.58 Å². The Balaban J connectivity index is 2.43. The van der Waals surface area contributed by atoms with Gasteiger partial charge in [0.25, 0.3) is 0 Å². The summed E-state index contributed by atoms with van der Waals surface area (Å²) < 4.78 is 0. The molecular formula is C12H13N2P. The highest BCUT2D eigenvalue weighted by atomic mass is 31.1. The van der Waals surface area contributed by atoms with Gasteiger partial charge in [0.05, 0.1) is 12.1 Å². The van der Waals surface area contributed by atoms with Gasteiger partial charge < -0.3 is 0 Å². The van der Waals surface area contributed by atoms with Crippen molar-refractivity contribution in [2.75, 3.05) is 6.16 Å². The zero-order valence-corrected chi connectivity index (χ0v) is 9.53. The monoisotopic (exact) mass is 216 g/mol. The number of benzene rings is 1. The highest BCUT2D eigenvalue weighted by molar-refractivity contribution is 7.47. The van der Waals surface area contributed by atoms with Crippen molar-refractivity contribution in [3.8, 4) is 12.1 Å². The summed E-state index contributed by atoms with van der Waals surface area (Å²) in [4.78, 5) is 0. The van der Waals surface area contributed by atoms with Gasteiger partial charge in [-0.1, -0.05) is 32.8 Å². The standard InChI is InChI=1S/C12H13N2P/c13-8-1-3-11-4-6-12(7-5-11)15-10-2-9-14/h4-7,15H,1-3,10H2. The predicted octanol–water partition coefficient (Wildman–Crippen LogP) is 2.36. The Bertz CT molecular complexity index is 370. The minimum absolute atomic E-state index is 0.579. The van der Waals surface area contributed by atoms with E-state index in [1.54, 1.807) is 0 Å². The molecule has 2 nitrogen and oxygen atoms in total. The summed E-state index contributed by atoms with van der Waals surface area (Å²) >= 11 is 0. The summed E-state index contributed by atoms with van der Waals surface area (Å²) in [6, 6.07) is 12.6. The summed E-state index contributed by atoms with van der Waals surface area (Å²) in [6.07, 6.45) is 3.00. The van der Waals surface area contributed by atoms with Gasteiger partial charge in [0.15, 0.2) is 0 Å². The summed E-state index contributed by atoms with van der Waals surface area (Å²) in [5, 5.41) is 18.2. The van der Waals surface area contributed by atoms with Crippen LogP contribution in [0.1, 0.15) is 18.4 Å². The zero-order valence-electron chi connectivity index (χ0n) is 8.53. The molecule has 0 aromatic heterocycles. The lowest BCUT2D eigenvalue weighted by atomic mass is 10.1. The molecule has 1 unspecified atom stereocenters. The van der Waals surface area contributed by atoms with E-state index in [4.69, 9.17) is 10.5 Å². The maximum absolute atomic E-state index is 8.45. The van der Waals surface area contributed by atoms with E-state index in [-0.39, 0.29) is 0 Å². The van der Waals surface area contributed by atoms with E-state index < -0.39 is 0 Å². The second-order valence-corrected chi connectivity index (χ2v) is 4.62. The van der Waals surface area contributed by atoms with E-state index >= 15 is 0 Å².